The van der Waals surface area contributed by atoms with E-state index in [9.17, 15) is 17.8 Å². The lowest BCUT2D eigenvalue weighted by atomic mass is 10.2. The number of nitrogen functional groups attached to an aromatic ring is 1. The van der Waals surface area contributed by atoms with E-state index in [1.807, 2.05) is 6.92 Å². The Morgan fingerprint density at radius 3 is 2.29 bits per heavy atom. The molecule has 24 heavy (non-hydrogen) atoms. The second kappa shape index (κ2) is 7.75. The monoisotopic (exact) mass is 352 g/mol. The van der Waals surface area contributed by atoms with Crippen molar-refractivity contribution < 1.29 is 22.3 Å². The van der Waals surface area contributed by atoms with Gasteiger partial charge in [-0.25, -0.2) is 13.0 Å². The molecule has 1 amide bonds. The summed E-state index contributed by atoms with van der Waals surface area (Å²) in [6.07, 6.45) is 3.40. The Labute approximate surface area is 140 Å². The van der Waals surface area contributed by atoms with Gasteiger partial charge >= 0.3 is 0 Å². The molecule has 0 saturated carbocycles. The number of carbonyl (C=O) groups excluding carboxylic acids is 1. The molecule has 9 heteroatoms. The Balaban J connectivity index is 0.000000243. The Morgan fingerprint density at radius 1 is 1.38 bits per heavy atom. The largest absolute Gasteiger partial charge is 0.744 e. The van der Waals surface area contributed by atoms with Gasteiger partial charge in [0.05, 0.1) is 18.5 Å². The Morgan fingerprint density at radius 2 is 1.92 bits per heavy atom. The van der Waals surface area contributed by atoms with Gasteiger partial charge in [0, 0.05) is 0 Å². The first-order valence-electron chi connectivity index (χ1n) is 6.85. The average molecular weight is 352 g/mol. The van der Waals surface area contributed by atoms with Crippen LogP contribution in [0.5, 0.6) is 0 Å². The fourth-order valence-corrected chi connectivity index (χ4v) is 2.40. The van der Waals surface area contributed by atoms with Gasteiger partial charge in [-0.05, 0) is 19.1 Å². The molecule has 1 heterocycles. The van der Waals surface area contributed by atoms with E-state index in [2.05, 4.69) is 6.58 Å². The lowest BCUT2D eigenvalue weighted by molar-refractivity contribution is -0.672. The van der Waals surface area contributed by atoms with Gasteiger partial charge in [0.25, 0.3) is 11.7 Å². The molecule has 0 radical (unpaired) electrons. The molecule has 0 aliphatic heterocycles. The summed E-state index contributed by atoms with van der Waals surface area (Å²) in [7, 11) is -2.55. The van der Waals surface area contributed by atoms with Crippen LogP contribution < -0.4 is 16.0 Å². The SMILES string of the molecule is C=CC[n+]1cn(C)c(C(N)=O)c1N.Cc1ccc(S(=O)(=O)[O-])cc1. The highest BCUT2D eigenvalue weighted by atomic mass is 32.2. The van der Waals surface area contributed by atoms with E-state index in [0.717, 1.165) is 5.56 Å². The van der Waals surface area contributed by atoms with E-state index >= 15 is 0 Å². The molecule has 1 aromatic heterocycles. The van der Waals surface area contributed by atoms with Gasteiger partial charge in [0.15, 0.2) is 6.33 Å². The minimum absolute atomic E-state index is 0.178. The third-order valence-corrected chi connectivity index (χ3v) is 3.94. The first-order valence-corrected chi connectivity index (χ1v) is 8.26. The van der Waals surface area contributed by atoms with Crippen molar-refractivity contribution in [2.24, 2.45) is 12.8 Å². The van der Waals surface area contributed by atoms with Crippen LogP contribution in [-0.2, 0) is 23.7 Å². The van der Waals surface area contributed by atoms with Gasteiger partial charge < -0.3 is 16.0 Å². The zero-order chi connectivity index (χ0) is 18.5. The fraction of sp³-hybridized carbons (Fsp3) is 0.200. The number of primary amides is 1. The summed E-state index contributed by atoms with van der Waals surface area (Å²) in [5.74, 6) is -0.155. The number of amides is 1. The topological polar surface area (TPSA) is 135 Å². The summed E-state index contributed by atoms with van der Waals surface area (Å²) in [4.78, 5) is 10.8. The quantitative estimate of drug-likeness (QED) is 0.456. The molecule has 0 aliphatic rings. The minimum Gasteiger partial charge on any atom is -0.744 e. The molecule has 0 atom stereocenters. The van der Waals surface area contributed by atoms with Crippen LogP contribution >= 0.6 is 0 Å². The maximum absolute atomic E-state index is 10.9. The molecule has 1 aromatic carbocycles. The van der Waals surface area contributed by atoms with E-state index in [1.165, 1.54) is 12.1 Å². The van der Waals surface area contributed by atoms with E-state index in [1.54, 1.807) is 40.7 Å². The zero-order valence-corrected chi connectivity index (χ0v) is 14.3. The standard InChI is InChI=1S/C8H12N4O.C7H8O3S/c1-3-4-12-5-11(2)6(7(12)9)8(10)13;1-6-2-4-7(5-3-6)11(8,9)10/h3,5H,1,4H2,2H3,(H3-,9,10,13);2-5H,1H3,(H,8,9,10). The lowest BCUT2D eigenvalue weighted by Gasteiger charge is -2.05. The van der Waals surface area contributed by atoms with Gasteiger partial charge in [0.2, 0.25) is 5.69 Å². The lowest BCUT2D eigenvalue weighted by Crippen LogP contribution is -2.34. The van der Waals surface area contributed by atoms with Crippen molar-refractivity contribution in [2.45, 2.75) is 18.4 Å². The summed E-state index contributed by atoms with van der Waals surface area (Å²) in [5, 5.41) is 0. The third-order valence-electron chi connectivity index (χ3n) is 3.09. The van der Waals surface area contributed by atoms with Gasteiger partial charge in [-0.15, -0.1) is 0 Å². The zero-order valence-electron chi connectivity index (χ0n) is 13.5. The van der Waals surface area contributed by atoms with E-state index in [-0.39, 0.29) is 4.90 Å². The smallest absolute Gasteiger partial charge is 0.287 e. The Bertz CT molecular complexity index is 839. The fourth-order valence-electron chi connectivity index (χ4n) is 1.94. The number of rotatable bonds is 4. The number of nitrogens with zero attached hydrogens (tertiary/aromatic N) is 2. The molecule has 0 saturated heterocycles. The van der Waals surface area contributed by atoms with Crippen LogP contribution in [0.4, 0.5) is 5.82 Å². The summed E-state index contributed by atoms with van der Waals surface area (Å²) < 4.78 is 34.5. The van der Waals surface area contributed by atoms with Crippen LogP contribution in [0, 0.1) is 6.92 Å². The third kappa shape index (κ3) is 4.93. The van der Waals surface area contributed by atoms with Gasteiger partial charge in [0.1, 0.15) is 10.1 Å². The predicted molar refractivity (Wildman–Crippen MR) is 87.9 cm³/mol. The van der Waals surface area contributed by atoms with Crippen molar-refractivity contribution in [2.75, 3.05) is 5.73 Å². The van der Waals surface area contributed by atoms with Crippen molar-refractivity contribution in [3.63, 3.8) is 0 Å². The molecule has 0 bridgehead atoms. The highest BCUT2D eigenvalue weighted by Gasteiger charge is 2.20. The number of aryl methyl sites for hydroxylation is 2. The number of anilines is 1. The molecule has 0 fully saturated rings. The van der Waals surface area contributed by atoms with E-state index < -0.39 is 16.0 Å². The normalized spacial score (nSPS) is 10.6. The van der Waals surface area contributed by atoms with Crippen LogP contribution in [0.1, 0.15) is 16.1 Å². The van der Waals surface area contributed by atoms with Crippen LogP contribution in [0.3, 0.4) is 0 Å². The molecular formula is C15H20N4O4S. The first kappa shape index (κ1) is 19.4. The average Bonchev–Trinajstić information content (AvgIpc) is 2.74. The van der Waals surface area contributed by atoms with Gasteiger partial charge in [-0.3, -0.25) is 9.36 Å². The molecule has 4 N–H and O–H groups in total. The second-order valence-electron chi connectivity index (χ2n) is 5.03. The number of allylic oxidation sites excluding steroid dienone is 1. The van der Waals surface area contributed by atoms with Gasteiger partial charge in [-0.1, -0.05) is 30.4 Å². The van der Waals surface area contributed by atoms with E-state index in [0.29, 0.717) is 18.1 Å². The maximum atomic E-state index is 10.9. The Hall–Kier alpha value is -2.65. The van der Waals surface area contributed by atoms with Gasteiger partial charge in [-0.2, -0.15) is 0 Å². The number of benzene rings is 1. The molecular weight excluding hydrogens is 332 g/mol. The highest BCUT2D eigenvalue weighted by molar-refractivity contribution is 7.85. The molecule has 0 unspecified atom stereocenters. The molecule has 0 spiro atoms. The molecule has 2 aromatic rings. The van der Waals surface area contributed by atoms with Crippen molar-refractivity contribution in [1.82, 2.24) is 4.57 Å². The Kier molecular flexibility index (Phi) is 6.27. The van der Waals surface area contributed by atoms with Crippen molar-refractivity contribution >= 4 is 21.8 Å². The summed E-state index contributed by atoms with van der Waals surface area (Å²) in [5.41, 5.74) is 12.1. The molecule has 130 valence electrons. The number of nitrogens with two attached hydrogens (primary N) is 2. The number of aromatic nitrogens is 2. The first-order chi connectivity index (χ1) is 11.1. The summed E-state index contributed by atoms with van der Waals surface area (Å²) in [6.45, 7) is 5.96. The molecule has 8 nitrogen and oxygen atoms in total. The van der Waals surface area contributed by atoms with E-state index in [4.69, 9.17) is 11.5 Å². The number of carbonyl (C=O) groups is 1. The maximum Gasteiger partial charge on any atom is 0.287 e. The number of imidazole rings is 1. The minimum atomic E-state index is -4.27. The molecule has 0 aliphatic carbocycles. The number of hydrogen-bond acceptors (Lipinski definition) is 5. The summed E-state index contributed by atoms with van der Waals surface area (Å²) in [6, 6.07) is 5.78. The highest BCUT2D eigenvalue weighted by Crippen LogP contribution is 2.08. The van der Waals surface area contributed by atoms with Crippen LogP contribution in [0.15, 0.2) is 48.1 Å². The van der Waals surface area contributed by atoms with Crippen LogP contribution in [0.25, 0.3) is 0 Å². The van der Waals surface area contributed by atoms with Crippen molar-refractivity contribution in [1.29, 1.82) is 0 Å². The van der Waals surface area contributed by atoms with Crippen LogP contribution in [-0.4, -0.2) is 23.4 Å². The van der Waals surface area contributed by atoms with Crippen molar-refractivity contribution in [3.05, 3.63) is 54.5 Å². The number of hydrogen-bond donors (Lipinski definition) is 2. The second-order valence-corrected chi connectivity index (χ2v) is 6.41. The molecule has 2 rings (SSSR count). The predicted octanol–water partition coefficient (Wildman–Crippen LogP) is 0.0788. The summed E-state index contributed by atoms with van der Waals surface area (Å²) >= 11 is 0. The van der Waals surface area contributed by atoms with Crippen molar-refractivity contribution in [3.8, 4) is 0 Å². The van der Waals surface area contributed by atoms with Crippen LogP contribution in [0.2, 0.25) is 0 Å².